The molecule has 3 aromatic carbocycles. The lowest BCUT2D eigenvalue weighted by molar-refractivity contribution is -0.166. The standard InChI is InChI=1S/C42H49N3O7/c1-27-7-5-10-34-31(27)15-18-42(34,41(50)52-38-26-45-20-16-28(38)17-21-45)24-36(47)29-8-6-9-30(23-29)51-22-4-2-3-19-43-25-37(48)32-11-13-35(46)40-33(32)12-14-39(49)44-40/h5-14,23,28,37-38,43,46,48H,2-4,15-22,24-26H2,1H3,(H,44,49)/t37-,38-,42?/m0/s1. The van der Waals surface area contributed by atoms with Crippen molar-refractivity contribution in [2.75, 3.05) is 39.3 Å². The first-order chi connectivity index (χ1) is 25.2. The van der Waals surface area contributed by atoms with E-state index >= 15 is 0 Å². The van der Waals surface area contributed by atoms with E-state index in [2.05, 4.69) is 28.2 Å². The molecule has 274 valence electrons. The van der Waals surface area contributed by atoms with Gasteiger partial charge in [0.1, 0.15) is 23.0 Å². The second-order valence-corrected chi connectivity index (χ2v) is 14.8. The highest BCUT2D eigenvalue weighted by Gasteiger charge is 2.50. The Morgan fingerprint density at radius 3 is 2.67 bits per heavy atom. The number of hydrogen-bond donors (Lipinski definition) is 4. The van der Waals surface area contributed by atoms with Crippen LogP contribution in [0.5, 0.6) is 11.5 Å². The summed E-state index contributed by atoms with van der Waals surface area (Å²) in [7, 11) is 0. The van der Waals surface area contributed by atoms with Crippen molar-refractivity contribution in [2.45, 2.75) is 75.9 Å². The third-order valence-corrected chi connectivity index (χ3v) is 11.5. The quantitative estimate of drug-likeness (QED) is 0.0716. The molecule has 3 fully saturated rings. The average Bonchev–Trinajstić information content (AvgIpc) is 3.54. The molecule has 4 N–H and O–H groups in total. The highest BCUT2D eigenvalue weighted by atomic mass is 16.5. The number of ether oxygens (including phenoxy) is 2. The zero-order valence-corrected chi connectivity index (χ0v) is 29.9. The van der Waals surface area contributed by atoms with Crippen LogP contribution < -0.4 is 15.6 Å². The van der Waals surface area contributed by atoms with Gasteiger partial charge in [-0.25, -0.2) is 0 Å². The van der Waals surface area contributed by atoms with Gasteiger partial charge < -0.3 is 30.0 Å². The Morgan fingerprint density at radius 2 is 1.87 bits per heavy atom. The molecule has 4 heterocycles. The SMILES string of the molecule is Cc1cccc2c1CCC2(CC(=O)c1cccc(OCCCCCNC[C@H](O)c2ccc(O)c3[nH]c(=O)ccc23)c1)C(=O)O[C@H]1CN2CCC1CC2. The normalized spacial score (nSPS) is 22.6. The van der Waals surface area contributed by atoms with Crippen LogP contribution in [0.25, 0.3) is 10.9 Å². The minimum Gasteiger partial charge on any atom is -0.506 e. The van der Waals surface area contributed by atoms with E-state index in [1.165, 1.54) is 12.1 Å². The van der Waals surface area contributed by atoms with E-state index in [0.29, 0.717) is 59.8 Å². The highest BCUT2D eigenvalue weighted by molar-refractivity contribution is 6.01. The van der Waals surface area contributed by atoms with Gasteiger partial charge in [-0.3, -0.25) is 19.3 Å². The van der Waals surface area contributed by atoms with Crippen molar-refractivity contribution in [3.63, 3.8) is 0 Å². The van der Waals surface area contributed by atoms with Crippen LogP contribution in [-0.4, -0.2) is 77.3 Å². The number of rotatable bonds is 15. The van der Waals surface area contributed by atoms with E-state index in [9.17, 15) is 24.6 Å². The number of H-pyrrole nitrogens is 1. The van der Waals surface area contributed by atoms with E-state index in [1.54, 1.807) is 24.3 Å². The number of nitrogens with one attached hydrogen (secondary N) is 2. The Kier molecular flexibility index (Phi) is 10.8. The number of aromatic amines is 1. The molecule has 8 rings (SSSR count). The van der Waals surface area contributed by atoms with Gasteiger partial charge in [0, 0.05) is 36.5 Å². The highest BCUT2D eigenvalue weighted by Crippen LogP contribution is 2.45. The van der Waals surface area contributed by atoms with E-state index in [4.69, 9.17) is 9.47 Å². The number of aliphatic hydroxyl groups is 1. The number of nitrogens with zero attached hydrogens (tertiary/aromatic N) is 1. The van der Waals surface area contributed by atoms with Crippen LogP contribution in [0.3, 0.4) is 0 Å². The molecule has 0 amide bonds. The fourth-order valence-corrected chi connectivity index (χ4v) is 8.47. The number of aromatic nitrogens is 1. The van der Waals surface area contributed by atoms with Gasteiger partial charge in [0.2, 0.25) is 5.56 Å². The molecule has 3 saturated heterocycles. The minimum atomic E-state index is -0.996. The minimum absolute atomic E-state index is 0.0347. The van der Waals surface area contributed by atoms with Gasteiger partial charge in [0.15, 0.2) is 5.78 Å². The van der Waals surface area contributed by atoms with E-state index in [1.807, 2.05) is 24.3 Å². The molecule has 0 radical (unpaired) electrons. The second-order valence-electron chi connectivity index (χ2n) is 14.8. The first-order valence-corrected chi connectivity index (χ1v) is 18.7. The average molecular weight is 708 g/mol. The number of carbonyl (C=O) groups is 2. The van der Waals surface area contributed by atoms with Gasteiger partial charge in [-0.15, -0.1) is 0 Å². The van der Waals surface area contributed by atoms with Crippen molar-refractivity contribution in [3.8, 4) is 11.5 Å². The number of pyridine rings is 1. The number of unbranched alkanes of at least 4 members (excludes halogenated alkanes) is 2. The van der Waals surface area contributed by atoms with Gasteiger partial charge in [0.05, 0.1) is 18.2 Å². The lowest BCUT2D eigenvalue weighted by Gasteiger charge is -2.45. The molecular weight excluding hydrogens is 658 g/mol. The lowest BCUT2D eigenvalue weighted by Crippen LogP contribution is -2.53. The smallest absolute Gasteiger partial charge is 0.317 e. The third-order valence-electron chi connectivity index (χ3n) is 11.5. The number of fused-ring (bicyclic) bond motifs is 5. The summed E-state index contributed by atoms with van der Waals surface area (Å²) >= 11 is 0. The van der Waals surface area contributed by atoms with Crippen LogP contribution in [0, 0.1) is 12.8 Å². The molecule has 3 aliphatic heterocycles. The van der Waals surface area contributed by atoms with Crippen LogP contribution in [0.15, 0.2) is 71.5 Å². The number of aromatic hydroxyl groups is 1. The molecule has 4 aliphatic rings. The summed E-state index contributed by atoms with van der Waals surface area (Å²) in [5.41, 5.74) is 3.42. The second kappa shape index (κ2) is 15.6. The fourth-order valence-electron chi connectivity index (χ4n) is 8.47. The third kappa shape index (κ3) is 7.51. The Bertz CT molecular complexity index is 1980. The first-order valence-electron chi connectivity index (χ1n) is 18.7. The maximum absolute atomic E-state index is 14.2. The molecule has 1 aliphatic carbocycles. The van der Waals surface area contributed by atoms with Gasteiger partial charge in [-0.05, 0) is 124 Å². The number of benzene rings is 3. The summed E-state index contributed by atoms with van der Waals surface area (Å²) in [4.78, 5) is 44.9. The van der Waals surface area contributed by atoms with Gasteiger partial charge in [-0.2, -0.15) is 0 Å². The van der Waals surface area contributed by atoms with Gasteiger partial charge in [-0.1, -0.05) is 36.4 Å². The Balaban J connectivity index is 0.901. The summed E-state index contributed by atoms with van der Waals surface area (Å²) in [5, 5.41) is 24.8. The molecule has 1 unspecified atom stereocenters. The van der Waals surface area contributed by atoms with Crippen molar-refractivity contribution in [2.24, 2.45) is 5.92 Å². The lowest BCUT2D eigenvalue weighted by atomic mass is 9.76. The van der Waals surface area contributed by atoms with Gasteiger partial charge in [0.25, 0.3) is 0 Å². The molecule has 10 heteroatoms. The molecule has 1 aromatic heterocycles. The van der Waals surface area contributed by atoms with E-state index in [-0.39, 0.29) is 35.6 Å². The number of phenols is 1. The van der Waals surface area contributed by atoms with Crippen LogP contribution in [0.2, 0.25) is 0 Å². The summed E-state index contributed by atoms with van der Waals surface area (Å²) in [6.07, 6.45) is 5.20. The predicted molar refractivity (Wildman–Crippen MR) is 199 cm³/mol. The Hall–Kier alpha value is -4.51. The summed E-state index contributed by atoms with van der Waals surface area (Å²) < 4.78 is 12.4. The van der Waals surface area contributed by atoms with Crippen molar-refractivity contribution >= 4 is 22.7 Å². The molecule has 3 atom stereocenters. The summed E-state index contributed by atoms with van der Waals surface area (Å²) in [6.45, 7) is 6.53. The number of aryl methyl sites for hydroxylation is 1. The molecular formula is C42H49N3O7. The van der Waals surface area contributed by atoms with Crippen LogP contribution in [-0.2, 0) is 21.4 Å². The van der Waals surface area contributed by atoms with E-state index in [0.717, 1.165) is 74.8 Å². The van der Waals surface area contributed by atoms with E-state index < -0.39 is 11.5 Å². The largest absolute Gasteiger partial charge is 0.506 e. The number of hydrogen-bond acceptors (Lipinski definition) is 9. The molecule has 2 bridgehead atoms. The molecule has 10 nitrogen and oxygen atoms in total. The number of ketones is 1. The maximum atomic E-state index is 14.2. The molecule has 0 spiro atoms. The maximum Gasteiger partial charge on any atom is 0.317 e. The number of esters is 1. The number of carbonyl (C=O) groups excluding carboxylic acids is 2. The first kappa shape index (κ1) is 35.9. The topological polar surface area (TPSA) is 141 Å². The Labute approximate surface area is 304 Å². The van der Waals surface area contributed by atoms with Gasteiger partial charge >= 0.3 is 5.97 Å². The van der Waals surface area contributed by atoms with Crippen molar-refractivity contribution in [1.29, 1.82) is 0 Å². The fraction of sp³-hybridized carbons (Fsp3) is 0.452. The number of aliphatic hydroxyl groups excluding tert-OH is 1. The molecule has 4 aromatic rings. The number of Topliss-reactive ketones (excluding diaryl/α,β-unsaturated/α-hetero) is 1. The Morgan fingerprint density at radius 1 is 1.04 bits per heavy atom. The van der Waals surface area contributed by atoms with Crippen molar-refractivity contribution in [3.05, 3.63) is 105 Å². The van der Waals surface area contributed by atoms with Crippen LogP contribution in [0.1, 0.15) is 83.7 Å². The molecule has 52 heavy (non-hydrogen) atoms. The van der Waals surface area contributed by atoms with Crippen molar-refractivity contribution < 1.29 is 29.3 Å². The monoisotopic (exact) mass is 707 g/mol. The summed E-state index contributed by atoms with van der Waals surface area (Å²) in [5.74, 6) is 0.637. The van der Waals surface area contributed by atoms with Crippen LogP contribution in [0.4, 0.5) is 0 Å². The zero-order valence-electron chi connectivity index (χ0n) is 29.9. The number of phenolic OH excluding ortho intramolecular Hbond substituents is 1. The number of piperidine rings is 3. The summed E-state index contributed by atoms with van der Waals surface area (Å²) in [6, 6.07) is 19.5. The van der Waals surface area contributed by atoms with Crippen LogP contribution >= 0.6 is 0 Å². The molecule has 0 saturated carbocycles. The predicted octanol–water partition coefficient (Wildman–Crippen LogP) is 5.51. The van der Waals surface area contributed by atoms with Crippen molar-refractivity contribution in [1.82, 2.24) is 15.2 Å². The zero-order chi connectivity index (χ0) is 36.2.